The molecule has 0 spiro atoms. The number of aromatic nitrogens is 2. The van der Waals surface area contributed by atoms with Crippen molar-refractivity contribution in [2.75, 3.05) is 31.1 Å². The fourth-order valence-corrected chi connectivity index (χ4v) is 3.44. The van der Waals surface area contributed by atoms with E-state index in [4.69, 9.17) is 28.2 Å². The van der Waals surface area contributed by atoms with Crippen LogP contribution < -0.4 is 4.90 Å². The molecule has 1 amide bonds. The highest BCUT2D eigenvalue weighted by molar-refractivity contribution is 6.42. The van der Waals surface area contributed by atoms with Gasteiger partial charge < -0.3 is 9.80 Å². The van der Waals surface area contributed by atoms with Crippen molar-refractivity contribution in [2.24, 2.45) is 0 Å². The van der Waals surface area contributed by atoms with Gasteiger partial charge in [0.05, 0.1) is 16.5 Å². The molecule has 0 bridgehead atoms. The Hall–Kier alpha value is -1.85. The van der Waals surface area contributed by atoms with Gasteiger partial charge >= 0.3 is 0 Å². The number of piperazine rings is 1. The van der Waals surface area contributed by atoms with Gasteiger partial charge in [-0.1, -0.05) is 43.1 Å². The molecule has 3 rings (SSSR count). The topological polar surface area (TPSA) is 49.3 Å². The van der Waals surface area contributed by atoms with Crippen LogP contribution in [0.2, 0.25) is 10.0 Å². The quantitative estimate of drug-likeness (QED) is 0.766. The molecule has 1 aliphatic heterocycles. The minimum Gasteiger partial charge on any atom is -0.353 e. The van der Waals surface area contributed by atoms with Gasteiger partial charge in [-0.15, -0.1) is 0 Å². The van der Waals surface area contributed by atoms with Crippen molar-refractivity contribution in [3.8, 4) is 0 Å². The zero-order valence-electron chi connectivity index (χ0n) is 15.9. The molecule has 0 atom stereocenters. The molecule has 7 heteroatoms. The lowest BCUT2D eigenvalue weighted by Crippen LogP contribution is -2.49. The van der Waals surface area contributed by atoms with Crippen molar-refractivity contribution in [3.63, 3.8) is 0 Å². The Morgan fingerprint density at radius 2 is 1.78 bits per heavy atom. The van der Waals surface area contributed by atoms with Crippen LogP contribution in [-0.2, 0) is 11.2 Å². The number of carbonyl (C=O) groups excluding carboxylic acids is 1. The number of benzene rings is 1. The molecule has 0 aliphatic carbocycles. The number of carbonyl (C=O) groups is 1. The fraction of sp³-hybridized carbons (Fsp3) is 0.450. The van der Waals surface area contributed by atoms with E-state index in [-0.39, 0.29) is 11.8 Å². The molecule has 1 aromatic carbocycles. The van der Waals surface area contributed by atoms with E-state index >= 15 is 0 Å². The lowest BCUT2D eigenvalue weighted by atomic mass is 10.1. The Kier molecular flexibility index (Phi) is 6.22. The molecule has 144 valence electrons. The van der Waals surface area contributed by atoms with Gasteiger partial charge in [0.1, 0.15) is 11.6 Å². The van der Waals surface area contributed by atoms with Crippen LogP contribution in [0.1, 0.15) is 36.8 Å². The van der Waals surface area contributed by atoms with Crippen molar-refractivity contribution in [2.45, 2.75) is 33.1 Å². The van der Waals surface area contributed by atoms with Crippen LogP contribution in [0.5, 0.6) is 0 Å². The lowest BCUT2D eigenvalue weighted by molar-refractivity contribution is -0.130. The first-order valence-corrected chi connectivity index (χ1v) is 9.91. The molecule has 0 radical (unpaired) electrons. The smallest absolute Gasteiger partial charge is 0.227 e. The molecule has 27 heavy (non-hydrogen) atoms. The van der Waals surface area contributed by atoms with E-state index in [0.717, 1.165) is 36.0 Å². The Bertz CT molecular complexity index is 833. The van der Waals surface area contributed by atoms with Crippen LogP contribution in [0.15, 0.2) is 24.3 Å². The van der Waals surface area contributed by atoms with E-state index in [1.807, 2.05) is 24.0 Å². The summed E-state index contributed by atoms with van der Waals surface area (Å²) in [5, 5.41) is 0.981. The number of amides is 1. The highest BCUT2D eigenvalue weighted by Gasteiger charge is 2.23. The molecule has 5 nitrogen and oxygen atoms in total. The summed E-state index contributed by atoms with van der Waals surface area (Å²) in [6.45, 7) is 9.08. The van der Waals surface area contributed by atoms with Gasteiger partial charge in [-0.3, -0.25) is 4.79 Å². The molecule has 0 unspecified atom stereocenters. The van der Waals surface area contributed by atoms with Crippen molar-refractivity contribution in [1.29, 1.82) is 0 Å². The van der Waals surface area contributed by atoms with E-state index in [1.165, 1.54) is 0 Å². The second-order valence-electron chi connectivity index (χ2n) is 7.17. The summed E-state index contributed by atoms with van der Waals surface area (Å²) < 4.78 is 0. The average molecular weight is 407 g/mol. The number of anilines is 1. The van der Waals surface area contributed by atoms with Crippen LogP contribution >= 0.6 is 23.2 Å². The van der Waals surface area contributed by atoms with E-state index in [9.17, 15) is 4.79 Å². The maximum Gasteiger partial charge on any atom is 0.227 e. The third-order valence-electron chi connectivity index (χ3n) is 4.67. The molecule has 0 N–H and O–H groups in total. The number of rotatable bonds is 4. The summed E-state index contributed by atoms with van der Waals surface area (Å²) in [6, 6.07) is 7.35. The first kappa shape index (κ1) is 19.9. The van der Waals surface area contributed by atoms with Gasteiger partial charge in [-0.2, -0.15) is 0 Å². The highest BCUT2D eigenvalue weighted by atomic mass is 35.5. The maximum absolute atomic E-state index is 12.6. The van der Waals surface area contributed by atoms with Crippen molar-refractivity contribution < 1.29 is 4.79 Å². The van der Waals surface area contributed by atoms with E-state index < -0.39 is 0 Å². The summed E-state index contributed by atoms with van der Waals surface area (Å²) >= 11 is 12.0. The van der Waals surface area contributed by atoms with Crippen LogP contribution in [-0.4, -0.2) is 47.0 Å². The van der Waals surface area contributed by atoms with Gasteiger partial charge in [0.15, 0.2) is 0 Å². The Labute approximate surface area is 170 Å². The molecular weight excluding hydrogens is 383 g/mol. The van der Waals surface area contributed by atoms with Gasteiger partial charge in [-0.25, -0.2) is 9.97 Å². The molecule has 1 saturated heterocycles. The largest absolute Gasteiger partial charge is 0.353 e. The second-order valence-corrected chi connectivity index (χ2v) is 7.99. The summed E-state index contributed by atoms with van der Waals surface area (Å²) in [7, 11) is 0. The zero-order valence-corrected chi connectivity index (χ0v) is 17.4. The van der Waals surface area contributed by atoms with Gasteiger partial charge in [-0.05, 0) is 24.6 Å². The number of halogens is 2. The Morgan fingerprint density at radius 1 is 1.07 bits per heavy atom. The molecule has 1 aromatic heterocycles. The van der Waals surface area contributed by atoms with E-state index in [2.05, 4.69) is 23.7 Å². The van der Waals surface area contributed by atoms with Gasteiger partial charge in [0, 0.05) is 43.9 Å². The maximum atomic E-state index is 12.6. The fourth-order valence-electron chi connectivity index (χ4n) is 3.12. The molecule has 0 saturated carbocycles. The molecule has 1 aliphatic rings. The molecular formula is C20H24Cl2N4O. The first-order chi connectivity index (χ1) is 12.8. The van der Waals surface area contributed by atoms with E-state index in [1.54, 1.807) is 12.1 Å². The normalized spacial score (nSPS) is 14.7. The number of aryl methyl sites for hydroxylation is 1. The van der Waals surface area contributed by atoms with Crippen molar-refractivity contribution >= 4 is 34.9 Å². The predicted octanol–water partition coefficient (Wildman–Crippen LogP) is 4.11. The van der Waals surface area contributed by atoms with Crippen molar-refractivity contribution in [3.05, 3.63) is 51.4 Å². The zero-order chi connectivity index (χ0) is 19.6. The third kappa shape index (κ3) is 4.90. The van der Waals surface area contributed by atoms with Crippen molar-refractivity contribution in [1.82, 2.24) is 14.9 Å². The van der Waals surface area contributed by atoms with Gasteiger partial charge in [0.25, 0.3) is 0 Å². The Balaban J connectivity index is 1.61. The average Bonchev–Trinajstić information content (AvgIpc) is 2.64. The first-order valence-electron chi connectivity index (χ1n) is 9.15. The summed E-state index contributed by atoms with van der Waals surface area (Å²) in [4.78, 5) is 25.9. The van der Waals surface area contributed by atoms with Crippen LogP contribution in [0.25, 0.3) is 0 Å². The monoisotopic (exact) mass is 406 g/mol. The minimum atomic E-state index is 0.106. The van der Waals surface area contributed by atoms with Crippen LogP contribution in [0.3, 0.4) is 0 Å². The third-order valence-corrected chi connectivity index (χ3v) is 5.41. The molecule has 1 fully saturated rings. The van der Waals surface area contributed by atoms with E-state index in [0.29, 0.717) is 29.6 Å². The number of hydrogen-bond acceptors (Lipinski definition) is 4. The highest BCUT2D eigenvalue weighted by Crippen LogP contribution is 2.23. The summed E-state index contributed by atoms with van der Waals surface area (Å²) in [5.74, 6) is 2.21. The van der Waals surface area contributed by atoms with Gasteiger partial charge in [0.2, 0.25) is 5.91 Å². The number of hydrogen-bond donors (Lipinski definition) is 0. The molecule has 2 aromatic rings. The minimum absolute atomic E-state index is 0.106. The Morgan fingerprint density at radius 3 is 2.41 bits per heavy atom. The standard InChI is InChI=1S/C20H24Cl2N4O/c1-13(2)20-23-14(3)10-18(24-20)25-6-8-26(9-7-25)19(27)12-15-4-5-16(21)17(22)11-15/h4-5,10-11,13H,6-9,12H2,1-3H3. The molecule has 2 heterocycles. The summed E-state index contributed by atoms with van der Waals surface area (Å²) in [6.07, 6.45) is 0.334. The summed E-state index contributed by atoms with van der Waals surface area (Å²) in [5.41, 5.74) is 1.85. The lowest BCUT2D eigenvalue weighted by Gasteiger charge is -2.35. The van der Waals surface area contributed by atoms with Crippen LogP contribution in [0.4, 0.5) is 5.82 Å². The SMILES string of the molecule is Cc1cc(N2CCN(C(=O)Cc3ccc(Cl)c(Cl)c3)CC2)nc(C(C)C)n1. The predicted molar refractivity (Wildman–Crippen MR) is 110 cm³/mol. The van der Waals surface area contributed by atoms with Crippen LogP contribution in [0, 0.1) is 6.92 Å². The second kappa shape index (κ2) is 8.44. The number of nitrogens with zero attached hydrogens (tertiary/aromatic N) is 4.